The number of piperazine rings is 1. The van der Waals surface area contributed by atoms with Gasteiger partial charge in [-0.2, -0.15) is 18.2 Å². The topological polar surface area (TPSA) is 101 Å². The van der Waals surface area contributed by atoms with Gasteiger partial charge in [-0.1, -0.05) is 12.6 Å². The number of carbonyl (C=O) groups is 1. The van der Waals surface area contributed by atoms with Crippen molar-refractivity contribution >= 4 is 35.3 Å². The van der Waals surface area contributed by atoms with Crippen LogP contribution in [-0.2, 0) is 15.5 Å². The minimum atomic E-state index is -5.06. The van der Waals surface area contributed by atoms with E-state index in [2.05, 4.69) is 21.5 Å². The largest absolute Gasteiger partial charge is 0.417 e. The number of benzene rings is 1. The fourth-order valence-corrected chi connectivity index (χ4v) is 6.64. The first kappa shape index (κ1) is 32.0. The van der Waals surface area contributed by atoms with E-state index in [4.69, 9.17) is 0 Å². The van der Waals surface area contributed by atoms with Crippen LogP contribution in [-0.4, -0.2) is 69.3 Å². The average Bonchev–Trinajstić information content (AvgIpc) is 2.96. The summed E-state index contributed by atoms with van der Waals surface area (Å²) in [6, 6.07) is 4.15. The molecule has 0 spiro atoms. The number of halogens is 5. The van der Waals surface area contributed by atoms with E-state index in [-0.39, 0.29) is 53.5 Å². The van der Waals surface area contributed by atoms with Gasteiger partial charge in [0, 0.05) is 31.9 Å². The molecule has 4 heterocycles. The highest BCUT2D eigenvalue weighted by molar-refractivity contribution is 7.70. The van der Waals surface area contributed by atoms with Crippen LogP contribution in [0.3, 0.4) is 0 Å². The second kappa shape index (κ2) is 11.5. The van der Waals surface area contributed by atoms with Crippen LogP contribution in [0.15, 0.2) is 54.0 Å². The highest BCUT2D eigenvalue weighted by Crippen LogP contribution is 2.41. The number of nitrogens with zero attached hydrogens (tertiary/aromatic N) is 6. The van der Waals surface area contributed by atoms with E-state index in [0.717, 1.165) is 22.8 Å². The summed E-state index contributed by atoms with van der Waals surface area (Å²) in [6.45, 7) is 10.3. The molecule has 15 heteroatoms. The second-order valence-electron chi connectivity index (χ2n) is 11.1. The van der Waals surface area contributed by atoms with E-state index in [1.165, 1.54) is 36.6 Å². The third kappa shape index (κ3) is 5.74. The van der Waals surface area contributed by atoms with E-state index in [1.807, 2.05) is 0 Å². The molecule has 1 amide bonds. The van der Waals surface area contributed by atoms with Crippen molar-refractivity contribution in [2.75, 3.05) is 37.9 Å². The number of alkyl halides is 3. The number of rotatable bonds is 5. The molecule has 1 atom stereocenters. The molecule has 1 fully saturated rings. The molecule has 1 aromatic carbocycles. The van der Waals surface area contributed by atoms with Crippen LogP contribution in [0.4, 0.5) is 27.8 Å². The predicted molar refractivity (Wildman–Crippen MR) is 161 cm³/mol. The normalized spacial score (nSPS) is 15.9. The molecule has 0 bridgehead atoms. The van der Waals surface area contributed by atoms with Gasteiger partial charge in [-0.05, 0) is 63.1 Å². The van der Waals surface area contributed by atoms with Crippen molar-refractivity contribution in [3.05, 3.63) is 82.4 Å². The Morgan fingerprint density at radius 2 is 1.82 bits per heavy atom. The first-order valence-electron chi connectivity index (χ1n) is 13.7. The van der Waals surface area contributed by atoms with Gasteiger partial charge >= 0.3 is 11.9 Å². The van der Waals surface area contributed by atoms with Crippen molar-refractivity contribution in [1.82, 2.24) is 24.4 Å². The highest BCUT2D eigenvalue weighted by atomic mass is 31.2. The van der Waals surface area contributed by atoms with E-state index < -0.39 is 53.5 Å². The summed E-state index contributed by atoms with van der Waals surface area (Å²) in [5.74, 6) is -3.01. The minimum Gasteiger partial charge on any atom is -0.350 e. The lowest BCUT2D eigenvalue weighted by Crippen LogP contribution is -2.54. The minimum absolute atomic E-state index is 0.0138. The molecule has 45 heavy (non-hydrogen) atoms. The lowest BCUT2D eigenvalue weighted by Gasteiger charge is -2.40. The summed E-state index contributed by atoms with van der Waals surface area (Å²) < 4.78 is 87.3. The van der Waals surface area contributed by atoms with E-state index in [1.54, 1.807) is 18.7 Å². The summed E-state index contributed by atoms with van der Waals surface area (Å²) >= 11 is 0. The zero-order valence-electron chi connectivity index (χ0n) is 24.7. The van der Waals surface area contributed by atoms with Crippen molar-refractivity contribution < 1.29 is 31.3 Å². The summed E-state index contributed by atoms with van der Waals surface area (Å²) in [5, 5.41) is -0.0765. The zero-order chi connectivity index (χ0) is 33.0. The summed E-state index contributed by atoms with van der Waals surface area (Å²) in [5.41, 5.74) is -4.45. The first-order valence-corrected chi connectivity index (χ1v) is 16.3. The second-order valence-corrected chi connectivity index (χ2v) is 14.2. The average molecular weight is 647 g/mol. The number of aryl methyl sites for hydroxylation is 1. The fraction of sp³-hybridized carbons (Fsp3) is 0.300. The lowest BCUT2D eigenvalue weighted by molar-refractivity contribution is -0.137. The number of carbonyl (C=O) groups excluding carboxylic acids is 1. The Morgan fingerprint density at radius 3 is 2.44 bits per heavy atom. The van der Waals surface area contributed by atoms with E-state index >= 15 is 8.78 Å². The Kier molecular flexibility index (Phi) is 8.15. The molecule has 0 saturated carbocycles. The van der Waals surface area contributed by atoms with Crippen LogP contribution in [0.25, 0.3) is 28.0 Å². The number of pyridine rings is 2. The monoisotopic (exact) mass is 646 g/mol. The van der Waals surface area contributed by atoms with Gasteiger partial charge in [0.2, 0.25) is 5.91 Å². The summed E-state index contributed by atoms with van der Waals surface area (Å²) in [4.78, 5) is 42.0. The standard InChI is InChI=1S/C30H28F5N6O3P/c1-6-22(42)39-12-13-40(17(3)15-39)26-18-14-21(32)24(23-19(30(33,34)35)8-7-9-20(23)31)37-27(18)41(29(43)38-26)25-16(2)10-11-36-28(25)45(4,5)44/h6-11,14,17H,1,12-13,15H2,2-5H3/t17-/m0/s1. The maximum Gasteiger partial charge on any atom is 0.417 e. The van der Waals surface area contributed by atoms with Gasteiger partial charge in [-0.15, -0.1) is 0 Å². The molecule has 0 radical (unpaired) electrons. The Labute approximate surface area is 254 Å². The SMILES string of the molecule is C=CC(=O)N1CCN(c2nc(=O)n(-c3c(C)ccnc3P(C)(C)=O)c3nc(-c4c(F)cccc4C(F)(F)F)c(F)cc23)[C@@H](C)C1. The van der Waals surface area contributed by atoms with Crippen molar-refractivity contribution in [3.8, 4) is 16.9 Å². The van der Waals surface area contributed by atoms with Crippen LogP contribution in [0.2, 0.25) is 0 Å². The fourth-order valence-electron chi connectivity index (χ4n) is 5.51. The quantitative estimate of drug-likeness (QED) is 0.172. The molecule has 0 unspecified atom stereocenters. The van der Waals surface area contributed by atoms with Gasteiger partial charge in [0.05, 0.1) is 22.2 Å². The third-order valence-electron chi connectivity index (χ3n) is 7.58. The molecule has 9 nitrogen and oxygen atoms in total. The molecule has 0 N–H and O–H groups in total. The van der Waals surface area contributed by atoms with Gasteiger partial charge in [0.1, 0.15) is 29.9 Å². The Morgan fingerprint density at radius 1 is 1.11 bits per heavy atom. The molecule has 5 rings (SSSR count). The highest BCUT2D eigenvalue weighted by Gasteiger charge is 2.37. The number of hydrogen-bond donors (Lipinski definition) is 0. The van der Waals surface area contributed by atoms with Crippen molar-refractivity contribution in [3.63, 3.8) is 0 Å². The molecule has 1 saturated heterocycles. The van der Waals surface area contributed by atoms with Gasteiger partial charge < -0.3 is 14.4 Å². The molecule has 1 aliphatic rings. The van der Waals surface area contributed by atoms with Crippen LogP contribution in [0.1, 0.15) is 18.1 Å². The number of hydrogen-bond acceptors (Lipinski definition) is 7. The Hall–Kier alpha value is -4.45. The Balaban J connectivity index is 1.89. The van der Waals surface area contributed by atoms with Crippen molar-refractivity contribution in [1.29, 1.82) is 0 Å². The number of fused-ring (bicyclic) bond motifs is 1. The molecular weight excluding hydrogens is 618 g/mol. The maximum atomic E-state index is 15.9. The molecule has 236 valence electrons. The summed E-state index contributed by atoms with van der Waals surface area (Å²) in [6.07, 6.45) is -2.50. The Bertz CT molecular complexity index is 1970. The first-order chi connectivity index (χ1) is 21.0. The predicted octanol–water partition coefficient (Wildman–Crippen LogP) is 4.92. The van der Waals surface area contributed by atoms with Crippen LogP contribution in [0.5, 0.6) is 0 Å². The maximum absolute atomic E-state index is 15.9. The number of aromatic nitrogens is 4. The van der Waals surface area contributed by atoms with E-state index in [9.17, 15) is 27.3 Å². The van der Waals surface area contributed by atoms with Gasteiger partial charge in [-0.3, -0.25) is 9.78 Å². The van der Waals surface area contributed by atoms with Crippen molar-refractivity contribution in [2.24, 2.45) is 0 Å². The van der Waals surface area contributed by atoms with Crippen molar-refractivity contribution in [2.45, 2.75) is 26.1 Å². The molecule has 3 aromatic heterocycles. The van der Waals surface area contributed by atoms with Gasteiger partial charge in [0.25, 0.3) is 0 Å². The van der Waals surface area contributed by atoms with Crippen LogP contribution >= 0.6 is 7.14 Å². The summed E-state index contributed by atoms with van der Waals surface area (Å²) in [7, 11) is -3.20. The molecule has 4 aromatic rings. The number of anilines is 1. The number of amides is 1. The smallest absolute Gasteiger partial charge is 0.350 e. The van der Waals surface area contributed by atoms with Crippen LogP contribution in [0, 0.1) is 18.6 Å². The molecular formula is C30H28F5N6O3P. The molecule has 1 aliphatic heterocycles. The zero-order valence-corrected chi connectivity index (χ0v) is 25.6. The molecule has 0 aliphatic carbocycles. The van der Waals surface area contributed by atoms with Crippen LogP contribution < -0.4 is 16.0 Å². The van der Waals surface area contributed by atoms with Gasteiger partial charge in [-0.25, -0.2) is 23.1 Å². The van der Waals surface area contributed by atoms with E-state index in [0.29, 0.717) is 11.6 Å². The lowest BCUT2D eigenvalue weighted by atomic mass is 10.0. The third-order valence-corrected chi connectivity index (χ3v) is 8.93. The van der Waals surface area contributed by atoms with Gasteiger partial charge in [0.15, 0.2) is 11.5 Å².